The molecule has 2 aliphatic rings. The molecule has 1 aliphatic heterocycles. The van der Waals surface area contributed by atoms with Crippen LogP contribution >= 0.6 is 0 Å². The van der Waals surface area contributed by atoms with Crippen molar-refractivity contribution >= 4 is 5.91 Å². The highest BCUT2D eigenvalue weighted by Gasteiger charge is 2.29. The van der Waals surface area contributed by atoms with Crippen molar-refractivity contribution in [3.63, 3.8) is 0 Å². The summed E-state index contributed by atoms with van der Waals surface area (Å²) in [6.07, 6.45) is 4.65. The Morgan fingerprint density at radius 3 is 2.50 bits per heavy atom. The topological polar surface area (TPSA) is 23.6 Å². The van der Waals surface area contributed by atoms with Crippen molar-refractivity contribution in [3.8, 4) is 0 Å². The minimum atomic E-state index is 0.374. The van der Waals surface area contributed by atoms with Gasteiger partial charge in [0.05, 0.1) is 0 Å². The van der Waals surface area contributed by atoms with E-state index in [9.17, 15) is 4.79 Å². The molecule has 1 aliphatic carbocycles. The van der Waals surface area contributed by atoms with Crippen LogP contribution < -0.4 is 0 Å². The molecule has 0 N–H and O–H groups in total. The quantitative estimate of drug-likeness (QED) is 0.623. The van der Waals surface area contributed by atoms with E-state index in [1.807, 2.05) is 0 Å². The Balaban J connectivity index is 1.86. The van der Waals surface area contributed by atoms with Gasteiger partial charge in [-0.25, -0.2) is 0 Å². The van der Waals surface area contributed by atoms with Crippen molar-refractivity contribution in [2.75, 3.05) is 33.2 Å². The molecule has 14 heavy (non-hydrogen) atoms. The molecule has 0 bridgehead atoms. The zero-order chi connectivity index (χ0) is 9.97. The van der Waals surface area contributed by atoms with Gasteiger partial charge in [0.2, 0.25) is 5.91 Å². The maximum absolute atomic E-state index is 11.9. The molecule has 0 spiro atoms. The van der Waals surface area contributed by atoms with Gasteiger partial charge in [-0.1, -0.05) is 6.42 Å². The Kier molecular flexibility index (Phi) is 3.06. The van der Waals surface area contributed by atoms with Gasteiger partial charge in [-0.15, -0.1) is 0 Å². The minimum Gasteiger partial charge on any atom is -0.341 e. The van der Waals surface area contributed by atoms with E-state index < -0.39 is 0 Å². The van der Waals surface area contributed by atoms with Gasteiger partial charge in [-0.3, -0.25) is 4.79 Å². The lowest BCUT2D eigenvalue weighted by Crippen LogP contribution is -2.40. The molecule has 2 rings (SSSR count). The van der Waals surface area contributed by atoms with Gasteiger partial charge < -0.3 is 9.80 Å². The van der Waals surface area contributed by atoms with Crippen molar-refractivity contribution in [1.29, 1.82) is 0 Å². The molecule has 0 aromatic carbocycles. The number of likely N-dealkylation sites (N-methyl/N-ethyl adjacent to an activating group) is 1. The van der Waals surface area contributed by atoms with Crippen LogP contribution in [0.25, 0.3) is 0 Å². The largest absolute Gasteiger partial charge is 0.341 e. The molecule has 1 amide bonds. The van der Waals surface area contributed by atoms with Gasteiger partial charge in [-0.05, 0) is 32.9 Å². The number of carbonyl (C=O) groups excluding carboxylic acids is 1. The van der Waals surface area contributed by atoms with Gasteiger partial charge in [0.15, 0.2) is 0 Å². The average molecular weight is 196 g/mol. The van der Waals surface area contributed by atoms with Gasteiger partial charge in [0.25, 0.3) is 0 Å². The van der Waals surface area contributed by atoms with Crippen LogP contribution in [-0.2, 0) is 4.79 Å². The fraction of sp³-hybridized carbons (Fsp3) is 0.909. The average Bonchev–Trinajstić information content (AvgIpc) is 2.26. The van der Waals surface area contributed by atoms with E-state index in [1.54, 1.807) is 0 Å². The number of carbonyl (C=O) groups is 1. The molecule has 0 atom stereocenters. The predicted molar refractivity (Wildman–Crippen MR) is 56.0 cm³/mol. The van der Waals surface area contributed by atoms with E-state index in [-0.39, 0.29) is 0 Å². The van der Waals surface area contributed by atoms with Crippen LogP contribution in [0.15, 0.2) is 0 Å². The third kappa shape index (κ3) is 2.08. The summed E-state index contributed by atoms with van der Waals surface area (Å²) in [5.41, 5.74) is 0. The van der Waals surface area contributed by atoms with Crippen molar-refractivity contribution in [3.05, 3.63) is 0 Å². The molecule has 0 aromatic heterocycles. The molecule has 1 saturated carbocycles. The second kappa shape index (κ2) is 4.30. The predicted octanol–water partition coefficient (Wildman–Crippen LogP) is 0.951. The maximum Gasteiger partial charge on any atom is 0.225 e. The standard InChI is InChI=1S/C11H20N2O/c1-12-6-3-7-13(9-8-12)11(14)10-4-2-5-10/h10H,2-9H2,1H3. The molecule has 3 nitrogen and oxygen atoms in total. The van der Waals surface area contributed by atoms with Gasteiger partial charge in [-0.2, -0.15) is 0 Å². The highest BCUT2D eigenvalue weighted by Crippen LogP contribution is 2.28. The zero-order valence-electron chi connectivity index (χ0n) is 9.04. The Morgan fingerprint density at radius 2 is 1.86 bits per heavy atom. The third-order valence-electron chi connectivity index (χ3n) is 3.49. The lowest BCUT2D eigenvalue weighted by Gasteiger charge is -2.30. The van der Waals surface area contributed by atoms with Crippen LogP contribution in [0.3, 0.4) is 0 Å². The molecule has 80 valence electrons. The molecule has 1 heterocycles. The number of hydrogen-bond donors (Lipinski definition) is 0. The first-order valence-corrected chi connectivity index (χ1v) is 5.75. The molecular formula is C11H20N2O. The first-order valence-electron chi connectivity index (χ1n) is 5.75. The normalized spacial score (nSPS) is 25.6. The number of amides is 1. The molecule has 0 radical (unpaired) electrons. The Morgan fingerprint density at radius 1 is 1.07 bits per heavy atom. The van der Waals surface area contributed by atoms with E-state index in [1.165, 1.54) is 6.42 Å². The monoisotopic (exact) mass is 196 g/mol. The first kappa shape index (κ1) is 9.97. The van der Waals surface area contributed by atoms with E-state index in [0.29, 0.717) is 11.8 Å². The zero-order valence-corrected chi connectivity index (χ0v) is 9.04. The molecule has 0 aromatic rings. The summed E-state index contributed by atoms with van der Waals surface area (Å²) in [6, 6.07) is 0. The SMILES string of the molecule is CN1CCCN(C(=O)C2CCC2)CC1. The summed E-state index contributed by atoms with van der Waals surface area (Å²) in [6.45, 7) is 4.08. The third-order valence-corrected chi connectivity index (χ3v) is 3.49. The Bertz CT molecular complexity index is 213. The van der Waals surface area contributed by atoms with E-state index in [4.69, 9.17) is 0 Å². The lowest BCUT2D eigenvalue weighted by molar-refractivity contribution is -0.138. The lowest BCUT2D eigenvalue weighted by atomic mass is 9.84. The van der Waals surface area contributed by atoms with Crippen LogP contribution in [0.4, 0.5) is 0 Å². The van der Waals surface area contributed by atoms with E-state index >= 15 is 0 Å². The Labute approximate surface area is 86.1 Å². The summed E-state index contributed by atoms with van der Waals surface area (Å²) in [5, 5.41) is 0. The van der Waals surface area contributed by atoms with Gasteiger partial charge in [0.1, 0.15) is 0 Å². The highest BCUT2D eigenvalue weighted by atomic mass is 16.2. The molecular weight excluding hydrogens is 176 g/mol. The highest BCUT2D eigenvalue weighted by molar-refractivity contribution is 5.79. The van der Waals surface area contributed by atoms with Crippen molar-refractivity contribution in [2.45, 2.75) is 25.7 Å². The molecule has 2 fully saturated rings. The maximum atomic E-state index is 11.9. The molecule has 1 saturated heterocycles. The fourth-order valence-electron chi connectivity index (χ4n) is 2.18. The number of nitrogens with zero attached hydrogens (tertiary/aromatic N) is 2. The summed E-state index contributed by atoms with van der Waals surface area (Å²) in [5.74, 6) is 0.796. The summed E-state index contributed by atoms with van der Waals surface area (Å²) in [7, 11) is 2.14. The van der Waals surface area contributed by atoms with Crippen molar-refractivity contribution in [1.82, 2.24) is 9.80 Å². The fourth-order valence-corrected chi connectivity index (χ4v) is 2.18. The van der Waals surface area contributed by atoms with E-state index in [0.717, 1.165) is 45.4 Å². The van der Waals surface area contributed by atoms with Crippen LogP contribution in [0, 0.1) is 5.92 Å². The van der Waals surface area contributed by atoms with Crippen molar-refractivity contribution < 1.29 is 4.79 Å². The summed E-state index contributed by atoms with van der Waals surface area (Å²) in [4.78, 5) is 16.3. The summed E-state index contributed by atoms with van der Waals surface area (Å²) >= 11 is 0. The second-order valence-electron chi connectivity index (χ2n) is 4.61. The second-order valence-corrected chi connectivity index (χ2v) is 4.61. The Hall–Kier alpha value is -0.570. The first-order chi connectivity index (χ1) is 6.77. The van der Waals surface area contributed by atoms with Gasteiger partial charge >= 0.3 is 0 Å². The summed E-state index contributed by atoms with van der Waals surface area (Å²) < 4.78 is 0. The van der Waals surface area contributed by atoms with Crippen molar-refractivity contribution in [2.24, 2.45) is 5.92 Å². The van der Waals surface area contributed by atoms with Crippen LogP contribution in [-0.4, -0.2) is 48.9 Å². The smallest absolute Gasteiger partial charge is 0.225 e. The molecule has 3 heteroatoms. The van der Waals surface area contributed by atoms with Crippen LogP contribution in [0.2, 0.25) is 0 Å². The van der Waals surface area contributed by atoms with E-state index in [2.05, 4.69) is 16.8 Å². The number of rotatable bonds is 1. The van der Waals surface area contributed by atoms with Crippen LogP contribution in [0.5, 0.6) is 0 Å². The number of hydrogen-bond acceptors (Lipinski definition) is 2. The van der Waals surface area contributed by atoms with Gasteiger partial charge in [0, 0.05) is 25.6 Å². The molecule has 0 unspecified atom stereocenters. The van der Waals surface area contributed by atoms with Crippen LogP contribution in [0.1, 0.15) is 25.7 Å². The minimum absolute atomic E-state index is 0.374.